The van der Waals surface area contributed by atoms with Crippen LogP contribution in [0.2, 0.25) is 0 Å². The Balaban J connectivity index is 1.12. The molecule has 0 heterocycles. The minimum Gasteiger partial charge on any atom is -0.309 e. The van der Waals surface area contributed by atoms with Crippen LogP contribution in [-0.4, -0.2) is 0 Å². The molecule has 11 aromatic carbocycles. The number of nitrogens with zero attached hydrogens (tertiary/aromatic N) is 1. The highest BCUT2D eigenvalue weighted by molar-refractivity contribution is 6.09. The lowest BCUT2D eigenvalue weighted by Gasteiger charge is -2.34. The Kier molecular flexibility index (Phi) is 9.81. The molecular formula is C65H45N. The lowest BCUT2D eigenvalue weighted by atomic mass is 9.67. The summed E-state index contributed by atoms with van der Waals surface area (Å²) in [5.41, 5.74) is 19.9. The van der Waals surface area contributed by atoms with Crippen LogP contribution in [0, 0.1) is 0 Å². The van der Waals surface area contributed by atoms with E-state index in [2.05, 4.69) is 278 Å². The largest absolute Gasteiger partial charge is 0.309 e. The predicted molar refractivity (Wildman–Crippen MR) is 278 cm³/mol. The van der Waals surface area contributed by atoms with Gasteiger partial charge in [-0.2, -0.15) is 0 Å². The Hall–Kier alpha value is -8.52. The van der Waals surface area contributed by atoms with Gasteiger partial charge in [-0.1, -0.05) is 249 Å². The van der Waals surface area contributed by atoms with E-state index in [1.807, 2.05) is 0 Å². The highest BCUT2D eigenvalue weighted by atomic mass is 15.1. The summed E-state index contributed by atoms with van der Waals surface area (Å²) in [7, 11) is 0. The first-order chi connectivity index (χ1) is 32.8. The maximum atomic E-state index is 2.49. The van der Waals surface area contributed by atoms with Gasteiger partial charge in [-0.25, -0.2) is 0 Å². The van der Waals surface area contributed by atoms with Crippen molar-refractivity contribution in [2.24, 2.45) is 0 Å². The fourth-order valence-corrected chi connectivity index (χ4v) is 10.8. The molecule has 0 amide bonds. The minimum absolute atomic E-state index is 0.510. The Morgan fingerprint density at radius 2 is 0.682 bits per heavy atom. The molecule has 0 saturated heterocycles. The summed E-state index contributed by atoms with van der Waals surface area (Å²) in [6.45, 7) is 0. The third kappa shape index (κ3) is 6.39. The summed E-state index contributed by atoms with van der Waals surface area (Å²) in [5.74, 6) is 0. The van der Waals surface area contributed by atoms with Crippen LogP contribution in [-0.2, 0) is 5.41 Å². The zero-order chi connectivity index (χ0) is 43.9. The summed E-state index contributed by atoms with van der Waals surface area (Å²) >= 11 is 0. The molecule has 0 unspecified atom stereocenters. The van der Waals surface area contributed by atoms with E-state index in [9.17, 15) is 0 Å². The molecule has 0 bridgehead atoms. The lowest BCUT2D eigenvalue weighted by molar-refractivity contribution is 0.768. The highest BCUT2D eigenvalue weighted by Crippen LogP contribution is 2.59. The first kappa shape index (κ1) is 39.1. The van der Waals surface area contributed by atoms with Gasteiger partial charge >= 0.3 is 0 Å². The van der Waals surface area contributed by atoms with Crippen LogP contribution < -0.4 is 4.90 Å². The summed E-state index contributed by atoms with van der Waals surface area (Å²) in [6, 6.07) is 100. The number of para-hydroxylation sites is 2. The van der Waals surface area contributed by atoms with Gasteiger partial charge in [-0.3, -0.25) is 0 Å². The van der Waals surface area contributed by atoms with Crippen LogP contribution in [0.4, 0.5) is 17.1 Å². The molecule has 12 rings (SSSR count). The second-order valence-corrected chi connectivity index (χ2v) is 17.1. The van der Waals surface area contributed by atoms with Crippen LogP contribution in [0.5, 0.6) is 0 Å². The van der Waals surface area contributed by atoms with E-state index in [0.717, 1.165) is 28.2 Å². The number of benzene rings is 11. The molecule has 310 valence electrons. The van der Waals surface area contributed by atoms with Crippen molar-refractivity contribution >= 4 is 27.8 Å². The van der Waals surface area contributed by atoms with Gasteiger partial charge in [-0.15, -0.1) is 0 Å². The number of hydrogen-bond acceptors (Lipinski definition) is 1. The summed E-state index contributed by atoms with van der Waals surface area (Å²) in [5, 5.41) is 2.45. The average molecular weight is 840 g/mol. The van der Waals surface area contributed by atoms with E-state index in [0.29, 0.717) is 0 Å². The molecule has 0 saturated carbocycles. The Morgan fingerprint density at radius 1 is 0.258 bits per heavy atom. The maximum absolute atomic E-state index is 2.49. The van der Waals surface area contributed by atoms with Gasteiger partial charge in [0, 0.05) is 16.8 Å². The molecule has 0 fully saturated rings. The second-order valence-electron chi connectivity index (χ2n) is 17.1. The minimum atomic E-state index is -0.510. The van der Waals surface area contributed by atoms with E-state index < -0.39 is 5.41 Å². The monoisotopic (exact) mass is 839 g/mol. The quantitative estimate of drug-likeness (QED) is 0.140. The standard InChI is InChI=1S/C65H45N/c1-5-22-46(23-6-1)47-42-44-52(45-43-47)66(61-40-17-14-32-54(61)56-36-20-27-49-26-19-35-53(63(49)56)48-24-7-2-8-25-48)62-41-18-15-33-55(62)57-37-21-39-60-64(57)58-34-13-16-38-59(58)65(60,50-28-9-3-10-29-50)51-30-11-4-12-31-51/h1-45H. The highest BCUT2D eigenvalue weighted by Gasteiger charge is 2.47. The van der Waals surface area contributed by atoms with E-state index in [1.54, 1.807) is 0 Å². The van der Waals surface area contributed by atoms with E-state index in [4.69, 9.17) is 0 Å². The van der Waals surface area contributed by atoms with Gasteiger partial charge in [-0.05, 0) is 102 Å². The van der Waals surface area contributed by atoms with Gasteiger partial charge < -0.3 is 4.90 Å². The number of anilines is 3. The SMILES string of the molecule is c1ccc(-c2ccc(N(c3ccccc3-c3cccc4c3-c3ccccc3C4(c3ccccc3)c3ccccc3)c3ccccc3-c3cccc4cccc(-c5ccccc5)c34)cc2)cc1. The van der Waals surface area contributed by atoms with Crippen LogP contribution in [0.1, 0.15) is 22.3 Å². The molecule has 0 atom stereocenters. The zero-order valence-corrected chi connectivity index (χ0v) is 36.4. The van der Waals surface area contributed by atoms with E-state index >= 15 is 0 Å². The molecule has 0 aromatic heterocycles. The lowest BCUT2D eigenvalue weighted by Crippen LogP contribution is -2.28. The Bertz CT molecular complexity index is 3460. The van der Waals surface area contributed by atoms with E-state index in [1.165, 1.54) is 77.5 Å². The van der Waals surface area contributed by atoms with Crippen LogP contribution in [0.15, 0.2) is 273 Å². The third-order valence-electron chi connectivity index (χ3n) is 13.6. The van der Waals surface area contributed by atoms with Crippen LogP contribution in [0.25, 0.3) is 66.4 Å². The van der Waals surface area contributed by atoms with Crippen molar-refractivity contribution in [1.82, 2.24) is 0 Å². The van der Waals surface area contributed by atoms with E-state index in [-0.39, 0.29) is 0 Å². The number of fused-ring (bicyclic) bond motifs is 4. The fourth-order valence-electron chi connectivity index (χ4n) is 10.8. The average Bonchev–Trinajstić information content (AvgIpc) is 3.71. The van der Waals surface area contributed by atoms with Crippen molar-refractivity contribution in [3.8, 4) is 55.6 Å². The molecule has 1 aliphatic carbocycles. The third-order valence-corrected chi connectivity index (χ3v) is 13.6. The van der Waals surface area contributed by atoms with Gasteiger partial charge in [0.15, 0.2) is 0 Å². The van der Waals surface area contributed by atoms with Crippen LogP contribution >= 0.6 is 0 Å². The molecule has 66 heavy (non-hydrogen) atoms. The maximum Gasteiger partial charge on any atom is 0.0713 e. The zero-order valence-electron chi connectivity index (χ0n) is 36.4. The number of rotatable bonds is 9. The topological polar surface area (TPSA) is 3.24 Å². The fraction of sp³-hybridized carbons (Fsp3) is 0.0154. The summed E-state index contributed by atoms with van der Waals surface area (Å²) in [4.78, 5) is 2.49. The molecule has 1 heteroatoms. The molecule has 11 aromatic rings. The molecule has 1 aliphatic rings. The molecule has 0 radical (unpaired) electrons. The van der Waals surface area contributed by atoms with Crippen molar-refractivity contribution < 1.29 is 0 Å². The Labute approximate surface area is 387 Å². The molecule has 0 spiro atoms. The summed E-state index contributed by atoms with van der Waals surface area (Å²) < 4.78 is 0. The summed E-state index contributed by atoms with van der Waals surface area (Å²) in [6.07, 6.45) is 0. The Morgan fingerprint density at radius 3 is 1.30 bits per heavy atom. The second kappa shape index (κ2) is 16.6. The van der Waals surface area contributed by atoms with Crippen molar-refractivity contribution in [2.45, 2.75) is 5.41 Å². The normalized spacial score (nSPS) is 12.4. The molecule has 0 aliphatic heterocycles. The smallest absolute Gasteiger partial charge is 0.0713 e. The molecular weight excluding hydrogens is 795 g/mol. The van der Waals surface area contributed by atoms with Crippen molar-refractivity contribution in [3.63, 3.8) is 0 Å². The molecule has 1 nitrogen and oxygen atoms in total. The first-order valence-electron chi connectivity index (χ1n) is 22.8. The number of hydrogen-bond donors (Lipinski definition) is 0. The predicted octanol–water partition coefficient (Wildman–Crippen LogP) is 17.3. The van der Waals surface area contributed by atoms with Gasteiger partial charge in [0.25, 0.3) is 0 Å². The first-order valence-corrected chi connectivity index (χ1v) is 22.8. The van der Waals surface area contributed by atoms with Gasteiger partial charge in [0.2, 0.25) is 0 Å². The van der Waals surface area contributed by atoms with Crippen molar-refractivity contribution in [1.29, 1.82) is 0 Å². The molecule has 0 N–H and O–H groups in total. The van der Waals surface area contributed by atoms with Crippen molar-refractivity contribution in [3.05, 3.63) is 295 Å². The van der Waals surface area contributed by atoms with Crippen LogP contribution in [0.3, 0.4) is 0 Å². The van der Waals surface area contributed by atoms with Gasteiger partial charge in [0.1, 0.15) is 0 Å². The van der Waals surface area contributed by atoms with Gasteiger partial charge in [0.05, 0.1) is 16.8 Å². The van der Waals surface area contributed by atoms with Crippen molar-refractivity contribution in [2.75, 3.05) is 4.90 Å².